The van der Waals surface area contributed by atoms with E-state index in [9.17, 15) is 14.9 Å². The van der Waals surface area contributed by atoms with Gasteiger partial charge in [-0.1, -0.05) is 0 Å². The third-order valence-electron chi connectivity index (χ3n) is 2.70. The molecule has 110 valence electrons. The lowest BCUT2D eigenvalue weighted by atomic mass is 10.3. The summed E-state index contributed by atoms with van der Waals surface area (Å²) in [6, 6.07) is 5.00. The van der Waals surface area contributed by atoms with Gasteiger partial charge in [0.25, 0.3) is 5.91 Å². The summed E-state index contributed by atoms with van der Waals surface area (Å²) < 4.78 is 5.19. The number of nitrogens with zero attached hydrogens (tertiary/aromatic N) is 4. The Labute approximate surface area is 122 Å². The molecule has 0 atom stereocenters. The van der Waals surface area contributed by atoms with Crippen LogP contribution in [0.4, 0.5) is 11.6 Å². The highest BCUT2D eigenvalue weighted by molar-refractivity contribution is 6.04. The third-order valence-corrected chi connectivity index (χ3v) is 2.70. The Morgan fingerprint density at radius 3 is 3.00 bits per heavy atom. The number of nitro groups is 1. The molecule has 0 aliphatic carbocycles. The van der Waals surface area contributed by atoms with Gasteiger partial charge in [0.1, 0.15) is 11.9 Å². The van der Waals surface area contributed by atoms with Crippen molar-refractivity contribution >= 4 is 17.5 Å². The highest BCUT2D eigenvalue weighted by atomic mass is 16.6. The molecule has 2 N–H and O–H groups in total. The number of rotatable bonds is 4. The number of hydrogen-bond acceptors (Lipinski definition) is 7. The molecule has 0 aliphatic rings. The fourth-order valence-electron chi connectivity index (χ4n) is 1.73. The second kappa shape index (κ2) is 5.44. The highest BCUT2D eigenvalue weighted by Crippen LogP contribution is 2.19. The van der Waals surface area contributed by atoms with Gasteiger partial charge in [-0.3, -0.25) is 25.3 Å². The number of aromatic nitrogens is 4. The molecule has 0 saturated heterocycles. The second-order valence-electron chi connectivity index (χ2n) is 4.08. The van der Waals surface area contributed by atoms with Crippen LogP contribution in [0.1, 0.15) is 10.5 Å². The Morgan fingerprint density at radius 1 is 1.41 bits per heavy atom. The van der Waals surface area contributed by atoms with Crippen molar-refractivity contribution in [2.45, 2.75) is 0 Å². The zero-order valence-electron chi connectivity index (χ0n) is 10.9. The van der Waals surface area contributed by atoms with E-state index in [1.54, 1.807) is 18.2 Å². The average Bonchev–Trinajstić information content (AvgIpc) is 3.19. The van der Waals surface area contributed by atoms with Gasteiger partial charge in [0.2, 0.25) is 11.6 Å². The largest absolute Gasteiger partial charge is 0.463 e. The quantitative estimate of drug-likeness (QED) is 0.551. The van der Waals surface area contributed by atoms with Crippen molar-refractivity contribution in [3.63, 3.8) is 0 Å². The number of hydrogen-bond donors (Lipinski definition) is 2. The Hall–Kier alpha value is -3.56. The van der Waals surface area contributed by atoms with E-state index in [4.69, 9.17) is 4.42 Å². The number of anilines is 1. The number of nitrogens with one attached hydrogen (secondary N) is 2. The van der Waals surface area contributed by atoms with Crippen LogP contribution in [0.3, 0.4) is 0 Å². The van der Waals surface area contributed by atoms with E-state index in [0.29, 0.717) is 11.5 Å². The van der Waals surface area contributed by atoms with Crippen LogP contribution in [-0.2, 0) is 0 Å². The van der Waals surface area contributed by atoms with E-state index in [1.165, 1.54) is 12.5 Å². The van der Waals surface area contributed by atoms with Crippen molar-refractivity contribution in [3.05, 3.63) is 52.7 Å². The van der Waals surface area contributed by atoms with E-state index in [-0.39, 0.29) is 11.6 Å². The third kappa shape index (κ3) is 2.52. The zero-order valence-corrected chi connectivity index (χ0v) is 10.9. The van der Waals surface area contributed by atoms with Gasteiger partial charge >= 0.3 is 5.69 Å². The van der Waals surface area contributed by atoms with Crippen molar-refractivity contribution < 1.29 is 14.1 Å². The molecule has 0 spiro atoms. The van der Waals surface area contributed by atoms with Gasteiger partial charge in [0.15, 0.2) is 5.76 Å². The van der Waals surface area contributed by atoms with E-state index in [2.05, 4.69) is 25.5 Å². The Kier molecular flexibility index (Phi) is 3.32. The van der Waals surface area contributed by atoms with Crippen molar-refractivity contribution in [2.24, 2.45) is 0 Å². The normalized spacial score (nSPS) is 10.4. The first-order valence-electron chi connectivity index (χ1n) is 6.01. The molecule has 0 saturated carbocycles. The Bertz CT molecular complexity index is 826. The molecule has 0 bridgehead atoms. The number of furan rings is 1. The van der Waals surface area contributed by atoms with Gasteiger partial charge in [0.05, 0.1) is 11.2 Å². The molecule has 0 unspecified atom stereocenters. The van der Waals surface area contributed by atoms with E-state index < -0.39 is 16.5 Å². The first-order valence-corrected chi connectivity index (χ1v) is 6.01. The number of H-pyrrole nitrogens is 1. The average molecular weight is 300 g/mol. The van der Waals surface area contributed by atoms with Crippen LogP contribution in [-0.4, -0.2) is 31.0 Å². The van der Waals surface area contributed by atoms with Crippen molar-refractivity contribution in [1.82, 2.24) is 20.2 Å². The first kappa shape index (κ1) is 13.4. The van der Waals surface area contributed by atoms with E-state index >= 15 is 0 Å². The van der Waals surface area contributed by atoms with Gasteiger partial charge in [-0.15, -0.1) is 0 Å². The van der Waals surface area contributed by atoms with Crippen LogP contribution in [0, 0.1) is 10.1 Å². The zero-order chi connectivity index (χ0) is 15.5. The van der Waals surface area contributed by atoms with Crippen LogP contribution in [0.15, 0.2) is 41.3 Å². The number of carbonyl (C=O) groups excluding carboxylic acids is 1. The lowest BCUT2D eigenvalue weighted by Crippen LogP contribution is -2.16. The van der Waals surface area contributed by atoms with Gasteiger partial charge in [-0.05, 0) is 18.2 Å². The first-order chi connectivity index (χ1) is 10.6. The summed E-state index contributed by atoms with van der Waals surface area (Å²) in [6.07, 6.45) is 3.88. The number of carbonyl (C=O) groups is 1. The van der Waals surface area contributed by atoms with Crippen LogP contribution >= 0.6 is 0 Å². The minimum atomic E-state index is -0.763. The summed E-state index contributed by atoms with van der Waals surface area (Å²) in [6.45, 7) is 0. The van der Waals surface area contributed by atoms with Crippen LogP contribution < -0.4 is 5.32 Å². The molecule has 1 amide bonds. The maximum Gasteiger partial charge on any atom is 0.319 e. The van der Waals surface area contributed by atoms with E-state index in [0.717, 1.165) is 6.20 Å². The molecular weight excluding hydrogens is 292 g/mol. The molecule has 10 nitrogen and oxygen atoms in total. The molecule has 0 aliphatic heterocycles. The summed E-state index contributed by atoms with van der Waals surface area (Å²) in [5, 5.41) is 18.9. The van der Waals surface area contributed by atoms with Crippen molar-refractivity contribution in [2.75, 3.05) is 5.32 Å². The molecule has 3 aromatic rings. The fraction of sp³-hybridized carbons (Fsp3) is 0. The minimum absolute atomic E-state index is 0.0113. The van der Waals surface area contributed by atoms with Crippen molar-refractivity contribution in [1.29, 1.82) is 0 Å². The molecule has 0 aromatic carbocycles. The lowest BCUT2D eigenvalue weighted by Gasteiger charge is -2.03. The maximum atomic E-state index is 12.0. The van der Waals surface area contributed by atoms with Crippen LogP contribution in [0.5, 0.6) is 0 Å². The predicted octanol–water partition coefficient (Wildman–Crippen LogP) is 1.62. The molecule has 3 heterocycles. The second-order valence-corrected chi connectivity index (χ2v) is 4.08. The predicted molar refractivity (Wildman–Crippen MR) is 72.9 cm³/mol. The molecule has 3 rings (SSSR count). The SMILES string of the molecule is O=C(Nc1nccc(-c2ccco2)n1)c1[nH]ncc1[N+](=O)[O-]. The molecule has 3 aromatic heterocycles. The summed E-state index contributed by atoms with van der Waals surface area (Å²) in [7, 11) is 0. The topological polar surface area (TPSA) is 140 Å². The number of amides is 1. The standard InChI is InChI=1S/C12H8N6O4/c19-11(10-8(18(20)21)6-14-17-10)16-12-13-4-3-7(15-12)9-2-1-5-22-9/h1-6H,(H,14,17)(H,13,15,16,19). The fourth-order valence-corrected chi connectivity index (χ4v) is 1.73. The van der Waals surface area contributed by atoms with Gasteiger partial charge in [-0.25, -0.2) is 9.97 Å². The molecule has 10 heteroatoms. The number of aromatic amines is 1. The van der Waals surface area contributed by atoms with Gasteiger partial charge in [-0.2, -0.15) is 5.10 Å². The molecule has 0 fully saturated rings. The lowest BCUT2D eigenvalue weighted by molar-refractivity contribution is -0.385. The molecule has 0 radical (unpaired) electrons. The molecular formula is C12H8N6O4. The van der Waals surface area contributed by atoms with Gasteiger partial charge in [0, 0.05) is 6.20 Å². The van der Waals surface area contributed by atoms with E-state index in [1.807, 2.05) is 0 Å². The summed E-state index contributed by atoms with van der Waals surface area (Å²) in [4.78, 5) is 30.1. The van der Waals surface area contributed by atoms with Gasteiger partial charge < -0.3 is 4.42 Å². The molecule has 22 heavy (non-hydrogen) atoms. The Balaban J connectivity index is 1.84. The smallest absolute Gasteiger partial charge is 0.319 e. The Morgan fingerprint density at radius 2 is 2.27 bits per heavy atom. The van der Waals surface area contributed by atoms with Crippen LogP contribution in [0.2, 0.25) is 0 Å². The minimum Gasteiger partial charge on any atom is -0.463 e. The summed E-state index contributed by atoms with van der Waals surface area (Å²) in [5.74, 6) is -0.269. The summed E-state index contributed by atoms with van der Waals surface area (Å²) >= 11 is 0. The maximum absolute atomic E-state index is 12.0. The summed E-state index contributed by atoms with van der Waals surface area (Å²) in [5.41, 5.74) is -0.244. The highest BCUT2D eigenvalue weighted by Gasteiger charge is 2.23. The van der Waals surface area contributed by atoms with Crippen LogP contribution in [0.25, 0.3) is 11.5 Å². The monoisotopic (exact) mass is 300 g/mol. The van der Waals surface area contributed by atoms with Crippen molar-refractivity contribution in [3.8, 4) is 11.5 Å².